The number of Topliss-reactive ketones (excluding diaryl/α,β-unsaturated/α-hetero) is 1. The van der Waals surface area contributed by atoms with Crippen LogP contribution in [0.2, 0.25) is 0 Å². The molecule has 1 aliphatic heterocycles. The van der Waals surface area contributed by atoms with Crippen LogP contribution in [0, 0.1) is 20.8 Å². The Morgan fingerprint density at radius 3 is 2.26 bits per heavy atom. The fourth-order valence-corrected chi connectivity index (χ4v) is 7.72. The Hall–Kier alpha value is -3.25. The van der Waals surface area contributed by atoms with Gasteiger partial charge < -0.3 is 4.57 Å². The number of aryl methyl sites for hydroxylation is 1. The summed E-state index contributed by atoms with van der Waals surface area (Å²) >= 11 is 1.21. The van der Waals surface area contributed by atoms with Gasteiger partial charge in [-0.1, -0.05) is 24.3 Å². The second-order valence-corrected chi connectivity index (χ2v) is 12.7. The van der Waals surface area contributed by atoms with Crippen molar-refractivity contribution in [1.82, 2.24) is 23.1 Å². The highest BCUT2D eigenvalue weighted by molar-refractivity contribution is 7.91. The number of thiophene rings is 1. The van der Waals surface area contributed by atoms with Crippen molar-refractivity contribution >= 4 is 27.1 Å². The number of hydrogen-bond donors (Lipinski definition) is 0. The highest BCUT2D eigenvalue weighted by atomic mass is 32.2. The molecule has 9 nitrogen and oxygen atoms in total. The first kappa shape index (κ1) is 26.4. The summed E-state index contributed by atoms with van der Waals surface area (Å²) in [4.78, 5) is 29.0. The summed E-state index contributed by atoms with van der Waals surface area (Å²) in [7, 11) is -1.64. The van der Waals surface area contributed by atoms with Crippen LogP contribution in [-0.4, -0.2) is 70.1 Å². The van der Waals surface area contributed by atoms with Crippen LogP contribution >= 0.6 is 11.3 Å². The zero-order valence-electron chi connectivity index (χ0n) is 21.9. The van der Waals surface area contributed by atoms with Gasteiger partial charge in [-0.2, -0.15) is 4.31 Å². The fourth-order valence-electron chi connectivity index (χ4n) is 5.15. The van der Waals surface area contributed by atoms with Crippen molar-refractivity contribution in [2.24, 2.45) is 7.05 Å². The fraction of sp³-hybridized carbons (Fsp3) is 0.333. The maximum atomic E-state index is 13.6. The lowest BCUT2D eigenvalue weighted by molar-refractivity contribution is 0.0901. The van der Waals surface area contributed by atoms with E-state index in [0.717, 1.165) is 22.8 Å². The second kappa shape index (κ2) is 10.1. The van der Waals surface area contributed by atoms with E-state index in [9.17, 15) is 18.0 Å². The van der Waals surface area contributed by atoms with Crippen molar-refractivity contribution in [2.75, 3.05) is 32.7 Å². The normalized spacial score (nSPS) is 15.3. The highest BCUT2D eigenvalue weighted by Crippen LogP contribution is 2.24. The first-order valence-corrected chi connectivity index (χ1v) is 14.8. The van der Waals surface area contributed by atoms with Gasteiger partial charge in [0, 0.05) is 50.2 Å². The van der Waals surface area contributed by atoms with E-state index in [1.54, 1.807) is 22.2 Å². The number of hydrogen-bond acceptors (Lipinski definition) is 6. The van der Waals surface area contributed by atoms with E-state index in [1.165, 1.54) is 15.6 Å². The summed E-state index contributed by atoms with van der Waals surface area (Å²) in [6.45, 7) is 7.51. The number of rotatable bonds is 7. The Morgan fingerprint density at radius 1 is 0.947 bits per heavy atom. The SMILES string of the molecule is Cc1cc(C(=O)CN2CCN(S(=O)(=O)c3cccs3)CC2)c(C)n1-c1c(C)n(C)n(-c2ccccc2)c1=O. The van der Waals surface area contributed by atoms with Crippen molar-refractivity contribution in [1.29, 1.82) is 0 Å². The smallest absolute Gasteiger partial charge is 0.295 e. The Balaban J connectivity index is 1.36. The Kier molecular flexibility index (Phi) is 7.03. The molecule has 1 aliphatic rings. The van der Waals surface area contributed by atoms with Crippen molar-refractivity contribution < 1.29 is 13.2 Å². The number of piperazine rings is 1. The van der Waals surface area contributed by atoms with Crippen LogP contribution in [-0.2, 0) is 17.1 Å². The molecule has 0 radical (unpaired) electrons. The summed E-state index contributed by atoms with van der Waals surface area (Å²) in [5.41, 5.74) is 4.04. The van der Waals surface area contributed by atoms with Crippen LogP contribution in [0.15, 0.2) is 62.9 Å². The lowest BCUT2D eigenvalue weighted by Gasteiger charge is -2.33. The first-order chi connectivity index (χ1) is 18.1. The molecule has 0 atom stereocenters. The summed E-state index contributed by atoms with van der Waals surface area (Å²) in [5, 5.41) is 1.76. The van der Waals surface area contributed by atoms with E-state index in [-0.39, 0.29) is 17.9 Å². The number of ketones is 1. The number of carbonyl (C=O) groups is 1. The van der Waals surface area contributed by atoms with Gasteiger partial charge >= 0.3 is 0 Å². The molecular formula is C27H31N5O4S2. The van der Waals surface area contributed by atoms with Crippen molar-refractivity contribution in [3.8, 4) is 11.4 Å². The molecule has 200 valence electrons. The number of benzene rings is 1. The van der Waals surface area contributed by atoms with Gasteiger partial charge in [-0.15, -0.1) is 11.3 Å². The largest absolute Gasteiger partial charge is 0.311 e. The first-order valence-electron chi connectivity index (χ1n) is 12.4. The molecule has 0 spiro atoms. The lowest BCUT2D eigenvalue weighted by Crippen LogP contribution is -2.49. The predicted molar refractivity (Wildman–Crippen MR) is 148 cm³/mol. The molecule has 1 fully saturated rings. The number of aromatic nitrogens is 3. The molecule has 0 aliphatic carbocycles. The van der Waals surface area contributed by atoms with Crippen molar-refractivity contribution in [3.05, 3.63) is 86.9 Å². The summed E-state index contributed by atoms with van der Waals surface area (Å²) in [6, 6.07) is 14.7. The maximum absolute atomic E-state index is 13.6. The predicted octanol–water partition coefficient (Wildman–Crippen LogP) is 3.14. The van der Waals surface area contributed by atoms with Crippen LogP contribution in [0.5, 0.6) is 0 Å². The van der Waals surface area contributed by atoms with Gasteiger partial charge in [-0.25, -0.2) is 13.1 Å². The zero-order chi connectivity index (χ0) is 27.2. The Bertz CT molecular complexity index is 1640. The van der Waals surface area contributed by atoms with Gasteiger partial charge in [-0.05, 0) is 50.4 Å². The highest BCUT2D eigenvalue weighted by Gasteiger charge is 2.30. The minimum Gasteiger partial charge on any atom is -0.311 e. The van der Waals surface area contributed by atoms with Crippen LogP contribution in [0.1, 0.15) is 27.4 Å². The number of carbonyl (C=O) groups excluding carboxylic acids is 1. The quantitative estimate of drug-likeness (QED) is 0.328. The average Bonchev–Trinajstić information content (AvgIpc) is 3.60. The summed E-state index contributed by atoms with van der Waals surface area (Å²) < 4.78 is 32.8. The van der Waals surface area contributed by atoms with Gasteiger partial charge in [0.25, 0.3) is 15.6 Å². The van der Waals surface area contributed by atoms with Gasteiger partial charge in [0.15, 0.2) is 5.78 Å². The minimum absolute atomic E-state index is 0.0455. The maximum Gasteiger partial charge on any atom is 0.295 e. The standard InChI is InChI=1S/C27H31N5O4S2/c1-19-17-23(24(33)18-29-12-14-30(15-13-29)38(35,36)25-11-8-16-37-25)20(2)31(19)26-21(3)28(4)32(27(26)34)22-9-6-5-7-10-22/h5-11,16-17H,12-15,18H2,1-4H3. The molecule has 11 heteroatoms. The molecule has 0 saturated carbocycles. The molecule has 4 aromatic rings. The van der Waals surface area contributed by atoms with Crippen LogP contribution in [0.25, 0.3) is 11.4 Å². The summed E-state index contributed by atoms with van der Waals surface area (Å²) in [5.74, 6) is -0.0455. The molecule has 3 aromatic heterocycles. The molecule has 0 N–H and O–H groups in total. The molecule has 0 amide bonds. The number of nitrogens with zero attached hydrogens (tertiary/aromatic N) is 5. The summed E-state index contributed by atoms with van der Waals surface area (Å²) in [6.07, 6.45) is 0. The molecule has 5 rings (SSSR count). The molecule has 0 unspecified atom stereocenters. The van der Waals surface area contributed by atoms with Crippen LogP contribution in [0.4, 0.5) is 0 Å². The number of para-hydroxylation sites is 1. The van der Waals surface area contributed by atoms with E-state index in [1.807, 2.05) is 78.4 Å². The van der Waals surface area contributed by atoms with Crippen LogP contribution in [0.3, 0.4) is 0 Å². The molecule has 0 bridgehead atoms. The second-order valence-electron chi connectivity index (χ2n) is 9.57. The van der Waals surface area contributed by atoms with E-state index < -0.39 is 10.0 Å². The molecule has 4 heterocycles. The topological polar surface area (TPSA) is 89.6 Å². The van der Waals surface area contributed by atoms with E-state index in [0.29, 0.717) is 41.6 Å². The van der Waals surface area contributed by atoms with E-state index in [4.69, 9.17) is 0 Å². The third kappa shape index (κ3) is 4.49. The third-order valence-electron chi connectivity index (χ3n) is 7.27. The Labute approximate surface area is 226 Å². The van der Waals surface area contributed by atoms with Gasteiger partial charge in [0.05, 0.1) is 17.9 Å². The zero-order valence-corrected chi connectivity index (χ0v) is 23.6. The van der Waals surface area contributed by atoms with Crippen molar-refractivity contribution in [2.45, 2.75) is 25.0 Å². The van der Waals surface area contributed by atoms with Gasteiger partial charge in [-0.3, -0.25) is 19.2 Å². The van der Waals surface area contributed by atoms with Crippen LogP contribution < -0.4 is 5.56 Å². The molecule has 1 aromatic carbocycles. The third-order valence-corrected chi connectivity index (χ3v) is 10.5. The van der Waals surface area contributed by atoms with E-state index >= 15 is 0 Å². The lowest BCUT2D eigenvalue weighted by atomic mass is 10.1. The average molecular weight is 554 g/mol. The van der Waals surface area contributed by atoms with E-state index in [2.05, 4.69) is 0 Å². The minimum atomic E-state index is -3.49. The molecule has 1 saturated heterocycles. The molecular weight excluding hydrogens is 522 g/mol. The van der Waals surface area contributed by atoms with Gasteiger partial charge in [0.1, 0.15) is 9.90 Å². The number of sulfonamides is 1. The molecule has 38 heavy (non-hydrogen) atoms. The monoisotopic (exact) mass is 553 g/mol. The van der Waals surface area contributed by atoms with Crippen molar-refractivity contribution in [3.63, 3.8) is 0 Å². The Morgan fingerprint density at radius 2 is 1.63 bits per heavy atom. The van der Waals surface area contributed by atoms with Gasteiger partial charge in [0.2, 0.25) is 0 Å².